The van der Waals surface area contributed by atoms with Crippen LogP contribution in [0.25, 0.3) is 295 Å². The highest BCUT2D eigenvalue weighted by molar-refractivity contribution is 6.30. The minimum atomic E-state index is 1.11. The summed E-state index contributed by atoms with van der Waals surface area (Å²) in [5.74, 6) is 0. The zero-order valence-electron chi connectivity index (χ0n) is 81.5. The van der Waals surface area contributed by atoms with Crippen LogP contribution in [0.15, 0.2) is 540 Å². The van der Waals surface area contributed by atoms with Gasteiger partial charge in [-0.25, -0.2) is 0 Å². The molecule has 150 heavy (non-hydrogen) atoms. The molecule has 7 heteroatoms. The Labute approximate surface area is 861 Å². The molecule has 0 saturated carbocycles. The van der Waals surface area contributed by atoms with Crippen molar-refractivity contribution in [2.75, 3.05) is 0 Å². The van der Waals surface area contributed by atoms with E-state index in [1.54, 1.807) is 0 Å². The summed E-state index contributed by atoms with van der Waals surface area (Å²) in [6.45, 7) is 0. The van der Waals surface area contributed by atoms with Gasteiger partial charge in [0.15, 0.2) is 0 Å². The molecule has 0 aliphatic heterocycles. The summed E-state index contributed by atoms with van der Waals surface area (Å²) in [6.07, 6.45) is 3.72. The fourth-order valence-electron chi connectivity index (χ4n) is 25.3. The summed E-state index contributed by atoms with van der Waals surface area (Å²) in [7, 11) is 0. The Morgan fingerprint density at radius 3 is 0.527 bits per heavy atom. The summed E-state index contributed by atoms with van der Waals surface area (Å²) >= 11 is 0. The summed E-state index contributed by atoms with van der Waals surface area (Å²) in [4.78, 5) is 4.26. The van der Waals surface area contributed by atoms with Crippen molar-refractivity contribution in [3.8, 4) is 67.5 Å². The highest BCUT2D eigenvalue weighted by atomic mass is 15.0. The zero-order valence-corrected chi connectivity index (χ0v) is 81.5. The highest BCUT2D eigenvalue weighted by Gasteiger charge is 2.25. The van der Waals surface area contributed by atoms with E-state index >= 15 is 0 Å². The Kier molecular flexibility index (Phi) is 19.1. The number of fused-ring (bicyclic) bond motifs is 36. The number of hydrogen-bond acceptors (Lipinski definition) is 1. The number of nitrogens with zero attached hydrogens (tertiary/aromatic N) is 7. The summed E-state index contributed by atoms with van der Waals surface area (Å²) in [5.41, 5.74) is 28.7. The molecule has 0 aliphatic rings. The quantitative estimate of drug-likeness (QED) is 0.133. The highest BCUT2D eigenvalue weighted by Crippen LogP contribution is 2.48. The van der Waals surface area contributed by atoms with Crippen LogP contribution in [0.3, 0.4) is 0 Å². The molecule has 0 spiro atoms. The zero-order chi connectivity index (χ0) is 98.3. The molecule has 0 fully saturated rings. The second-order valence-corrected chi connectivity index (χ2v) is 39.8. The average Bonchev–Trinajstić information content (AvgIpc) is 1.69. The van der Waals surface area contributed by atoms with Gasteiger partial charge in [0.1, 0.15) is 0 Å². The third-order valence-electron chi connectivity index (χ3n) is 31.9. The van der Waals surface area contributed by atoms with Crippen molar-refractivity contribution in [2.24, 2.45) is 0 Å². The smallest absolute Gasteiger partial charge is 0.0547 e. The van der Waals surface area contributed by atoms with E-state index in [-0.39, 0.29) is 0 Å². The van der Waals surface area contributed by atoms with Crippen molar-refractivity contribution < 1.29 is 0 Å². The maximum Gasteiger partial charge on any atom is 0.0547 e. The third kappa shape index (κ3) is 13.1. The lowest BCUT2D eigenvalue weighted by Crippen LogP contribution is -1.95. The van der Waals surface area contributed by atoms with E-state index < -0.39 is 0 Å². The van der Waals surface area contributed by atoms with Crippen LogP contribution in [0, 0.1) is 0 Å². The van der Waals surface area contributed by atoms with Crippen LogP contribution < -0.4 is 0 Å². The fraction of sp³-hybridized carbons (Fsp3) is 0. The molecule has 0 unspecified atom stereocenters. The van der Waals surface area contributed by atoms with E-state index in [1.165, 1.54) is 290 Å². The van der Waals surface area contributed by atoms with Crippen LogP contribution in [0.1, 0.15) is 0 Å². The Morgan fingerprint density at radius 1 is 0.0933 bits per heavy atom. The molecule has 0 amide bonds. The van der Waals surface area contributed by atoms with Crippen molar-refractivity contribution in [3.63, 3.8) is 0 Å². The van der Waals surface area contributed by atoms with Crippen LogP contribution in [0.5, 0.6) is 0 Å². The molecule has 0 atom stereocenters. The Morgan fingerprint density at radius 2 is 0.260 bits per heavy atom. The lowest BCUT2D eigenvalue weighted by molar-refractivity contribution is 1.16. The van der Waals surface area contributed by atoms with Gasteiger partial charge in [-0.15, -0.1) is 0 Å². The Bertz CT molecular complexity index is 10900. The molecule has 26 aromatic carbocycles. The van der Waals surface area contributed by atoms with E-state index in [0.717, 1.165) is 5.69 Å². The molecule has 0 saturated heterocycles. The standard InChI is InChI=1S/2C48H30N2.C47H29N3/c1-2-12-33(13-3-1)49-45-20-10-8-18-40(45)43-28-31(22-26-47(43)49)32-23-27-48-44(29-32)41-19-9-11-21-46(41)50(48)34-24-25-39-37-16-5-4-14-35(37)36-15-6-7-17-38(36)42(39)30-34;1-2-12-33(13-3-1)49-45-20-10-8-18-40(45)42-25-22-31(28-47(42)49)32-23-26-43-41-19-9-11-21-46(41)50(48(43)29-32)34-24-27-39-37-16-5-4-14-35(37)36-15-6-7-17-38(36)44(39)30-34;1-2-11-36-34(9-1)35-10-3-4-12-37(35)41-29-33(19-20-38(36)41)50-45-16-8-6-14-40(45)43-28-31(18-22-47(43)50)30-17-21-46-42(27-30)39-13-5-7-15-44(39)49(46)32-23-25-48-26-24-32/h2*1-30H;1-29H. The van der Waals surface area contributed by atoms with Gasteiger partial charge in [-0.1, -0.05) is 358 Å². The van der Waals surface area contributed by atoms with Crippen molar-refractivity contribution in [1.29, 1.82) is 0 Å². The molecule has 7 aromatic heterocycles. The van der Waals surface area contributed by atoms with Crippen LogP contribution in [0.4, 0.5) is 0 Å². The van der Waals surface area contributed by atoms with Crippen molar-refractivity contribution in [2.45, 2.75) is 0 Å². The normalized spacial score (nSPS) is 12.0. The Balaban J connectivity index is 0.000000101. The second kappa shape index (κ2) is 33.8. The second-order valence-electron chi connectivity index (χ2n) is 39.8. The molecular weight excluding hydrogens is 1820 g/mol. The molecule has 696 valence electrons. The van der Waals surface area contributed by atoms with Crippen molar-refractivity contribution in [1.82, 2.24) is 32.4 Å². The molecule has 7 heterocycles. The maximum atomic E-state index is 4.26. The van der Waals surface area contributed by atoms with E-state index in [4.69, 9.17) is 0 Å². The van der Waals surface area contributed by atoms with Gasteiger partial charge >= 0.3 is 0 Å². The molecule has 7 nitrogen and oxygen atoms in total. The fourth-order valence-corrected chi connectivity index (χ4v) is 25.3. The molecule has 0 radical (unpaired) electrons. The minimum absolute atomic E-state index is 1.11. The number of pyridine rings is 1. The van der Waals surface area contributed by atoms with E-state index in [0.29, 0.717) is 0 Å². The van der Waals surface area contributed by atoms with E-state index in [9.17, 15) is 0 Å². The van der Waals surface area contributed by atoms with Crippen molar-refractivity contribution >= 4 is 228 Å². The minimum Gasteiger partial charge on any atom is -0.309 e. The maximum absolute atomic E-state index is 4.26. The average molecular weight is 1910 g/mol. The van der Waals surface area contributed by atoms with Gasteiger partial charge in [0.25, 0.3) is 0 Å². The molecule has 33 rings (SSSR count). The third-order valence-corrected chi connectivity index (χ3v) is 31.9. The SMILES string of the molecule is c1ccc(-n2c3ccccc3c3cc(-c4ccc5c(c4)c4ccccc4n5-c4ccc5c6ccccc6c6ccccc6c5c4)ccc32)cc1.c1ccc(-n2c3ccccc3c3ccc(-c4ccc5c6ccccc6n(-c6ccc7c8ccccc8c8ccccc8c7c6)c5c4)cc32)cc1.c1ccc2c(c1)c1ccccc1c1cc(-n3c4ccccc4c4cc(-c5ccc6c(c5)c5ccccc5n6-c5ccncc5)ccc43)ccc21. The monoisotopic (exact) mass is 1900 g/mol. The van der Waals surface area contributed by atoms with Gasteiger partial charge in [0.05, 0.1) is 66.2 Å². The Hall–Kier alpha value is -20.0. The summed E-state index contributed by atoms with van der Waals surface area (Å²) in [6, 6.07) is 194. The number of para-hydroxylation sites is 8. The number of hydrogen-bond donors (Lipinski definition) is 0. The lowest BCUT2D eigenvalue weighted by atomic mass is 9.94. The largest absolute Gasteiger partial charge is 0.309 e. The summed E-state index contributed by atoms with van der Waals surface area (Å²) in [5, 5.41) is 38.3. The molecule has 0 bridgehead atoms. The van der Waals surface area contributed by atoms with Gasteiger partial charge in [-0.3, -0.25) is 4.98 Å². The van der Waals surface area contributed by atoms with Gasteiger partial charge in [-0.05, 0) is 300 Å². The first-order valence-corrected chi connectivity index (χ1v) is 51.7. The van der Waals surface area contributed by atoms with Gasteiger partial charge < -0.3 is 27.4 Å². The number of aromatic nitrogens is 7. The van der Waals surface area contributed by atoms with Gasteiger partial charge in [0, 0.05) is 111 Å². The molecule has 0 aliphatic carbocycles. The predicted octanol–water partition coefficient (Wildman–Crippen LogP) is 38.4. The van der Waals surface area contributed by atoms with Crippen LogP contribution in [-0.4, -0.2) is 32.4 Å². The van der Waals surface area contributed by atoms with Gasteiger partial charge in [-0.2, -0.15) is 0 Å². The van der Waals surface area contributed by atoms with E-state index in [2.05, 4.69) is 560 Å². The topological polar surface area (TPSA) is 42.5 Å². The number of rotatable bonds is 9. The molecule has 33 aromatic rings. The van der Waals surface area contributed by atoms with Crippen LogP contribution in [0.2, 0.25) is 0 Å². The first kappa shape index (κ1) is 84.5. The first-order valence-electron chi connectivity index (χ1n) is 51.7. The van der Waals surface area contributed by atoms with Crippen LogP contribution in [-0.2, 0) is 0 Å². The lowest BCUT2D eigenvalue weighted by Gasteiger charge is -2.14. The van der Waals surface area contributed by atoms with Gasteiger partial charge in [0.2, 0.25) is 0 Å². The van der Waals surface area contributed by atoms with Crippen LogP contribution >= 0.6 is 0 Å². The molecule has 0 N–H and O–H groups in total. The van der Waals surface area contributed by atoms with Crippen molar-refractivity contribution in [3.05, 3.63) is 540 Å². The summed E-state index contributed by atoms with van der Waals surface area (Å²) < 4.78 is 14.4. The predicted molar refractivity (Wildman–Crippen MR) is 637 cm³/mol. The number of benzene rings is 26. The molecular formula is C143H89N7. The van der Waals surface area contributed by atoms with E-state index in [1.807, 2.05) is 12.4 Å². The first-order chi connectivity index (χ1) is 74.4.